The Kier molecular flexibility index (Phi) is 5.57. The van der Waals surface area contributed by atoms with E-state index in [-0.39, 0.29) is 30.3 Å². The summed E-state index contributed by atoms with van der Waals surface area (Å²) in [6, 6.07) is 11.2. The molecule has 0 bridgehead atoms. The number of likely N-dealkylation sites (tertiary alicyclic amines) is 1. The zero-order chi connectivity index (χ0) is 19.5. The lowest BCUT2D eigenvalue weighted by atomic mass is 10.0. The topological polar surface area (TPSA) is 75.6 Å². The van der Waals surface area contributed by atoms with Crippen LogP contribution in [0.4, 0.5) is 5.69 Å². The molecule has 1 atom stereocenters. The molecule has 1 unspecified atom stereocenters. The highest BCUT2D eigenvalue weighted by molar-refractivity contribution is 9.10. The quantitative estimate of drug-likeness (QED) is 0.724. The zero-order valence-corrected chi connectivity index (χ0v) is 16.9. The van der Waals surface area contributed by atoms with Crippen LogP contribution in [0.15, 0.2) is 47.1 Å². The second kappa shape index (κ2) is 8.26. The number of carbonyl (C=O) groups is 2. The summed E-state index contributed by atoms with van der Waals surface area (Å²) in [6.45, 7) is 1.70. The van der Waals surface area contributed by atoms with Crippen molar-refractivity contribution in [3.05, 3.63) is 47.1 Å². The number of piperidine rings is 1. The van der Waals surface area contributed by atoms with Gasteiger partial charge in [0.25, 0.3) is 0 Å². The molecule has 146 valence electrons. The van der Waals surface area contributed by atoms with Crippen molar-refractivity contribution in [2.45, 2.75) is 25.4 Å². The van der Waals surface area contributed by atoms with Gasteiger partial charge in [0, 0.05) is 61.3 Å². The van der Waals surface area contributed by atoms with Gasteiger partial charge in [0.1, 0.15) is 6.10 Å². The average Bonchev–Trinajstić information content (AvgIpc) is 3.10. The van der Waals surface area contributed by atoms with Gasteiger partial charge in [-0.25, -0.2) is 0 Å². The largest absolute Gasteiger partial charge is 0.473 e. The van der Waals surface area contributed by atoms with Gasteiger partial charge >= 0.3 is 0 Å². The van der Waals surface area contributed by atoms with Crippen LogP contribution in [0, 0.1) is 5.92 Å². The van der Waals surface area contributed by atoms with Gasteiger partial charge in [0.2, 0.25) is 17.7 Å². The van der Waals surface area contributed by atoms with E-state index < -0.39 is 0 Å². The predicted octanol–water partition coefficient (Wildman–Crippen LogP) is 2.66. The summed E-state index contributed by atoms with van der Waals surface area (Å²) in [5.41, 5.74) is 0.825. The van der Waals surface area contributed by atoms with Gasteiger partial charge < -0.3 is 14.5 Å². The van der Waals surface area contributed by atoms with Crippen LogP contribution in [0.25, 0.3) is 0 Å². The van der Waals surface area contributed by atoms with Gasteiger partial charge in [-0.15, -0.1) is 5.10 Å². The number of carbonyl (C=O) groups excluding carboxylic acids is 2. The molecule has 2 aliphatic heterocycles. The number of ether oxygens (including phenoxy) is 1. The second-order valence-electron chi connectivity index (χ2n) is 7.09. The Labute approximate surface area is 171 Å². The predicted molar refractivity (Wildman–Crippen MR) is 107 cm³/mol. The molecule has 0 saturated carbocycles. The maximum atomic E-state index is 12.9. The minimum Gasteiger partial charge on any atom is -0.473 e. The molecule has 0 radical (unpaired) electrons. The van der Waals surface area contributed by atoms with Gasteiger partial charge in [-0.2, -0.15) is 5.10 Å². The van der Waals surface area contributed by atoms with Crippen molar-refractivity contribution < 1.29 is 14.3 Å². The van der Waals surface area contributed by atoms with Crippen LogP contribution in [0.1, 0.15) is 19.3 Å². The molecule has 1 aromatic carbocycles. The number of nitrogens with zero attached hydrogens (tertiary/aromatic N) is 4. The Hall–Kier alpha value is -2.48. The molecule has 0 N–H and O–H groups in total. The molecule has 4 rings (SSSR count). The number of aromatic nitrogens is 2. The van der Waals surface area contributed by atoms with Crippen LogP contribution in [0.2, 0.25) is 0 Å². The Morgan fingerprint density at radius 1 is 1.18 bits per heavy atom. The van der Waals surface area contributed by atoms with Crippen molar-refractivity contribution in [1.29, 1.82) is 0 Å². The van der Waals surface area contributed by atoms with Gasteiger partial charge in [-0.05, 0) is 24.3 Å². The van der Waals surface area contributed by atoms with Gasteiger partial charge in [-0.3, -0.25) is 9.59 Å². The van der Waals surface area contributed by atoms with E-state index >= 15 is 0 Å². The molecule has 3 heterocycles. The number of benzene rings is 1. The van der Waals surface area contributed by atoms with Gasteiger partial charge in [0.05, 0.1) is 5.92 Å². The van der Waals surface area contributed by atoms with E-state index in [0.29, 0.717) is 25.5 Å². The summed E-state index contributed by atoms with van der Waals surface area (Å²) in [5.74, 6) is 0.281. The lowest BCUT2D eigenvalue weighted by Crippen LogP contribution is -2.45. The van der Waals surface area contributed by atoms with Crippen LogP contribution in [0.3, 0.4) is 0 Å². The zero-order valence-electron chi connectivity index (χ0n) is 15.3. The first-order valence-electron chi connectivity index (χ1n) is 9.39. The van der Waals surface area contributed by atoms with E-state index in [1.165, 1.54) is 0 Å². The lowest BCUT2D eigenvalue weighted by molar-refractivity contribution is -0.137. The first-order chi connectivity index (χ1) is 13.6. The molecule has 2 aliphatic rings. The van der Waals surface area contributed by atoms with E-state index in [1.54, 1.807) is 23.2 Å². The fraction of sp³-hybridized carbons (Fsp3) is 0.400. The summed E-state index contributed by atoms with van der Waals surface area (Å²) < 4.78 is 6.75. The van der Waals surface area contributed by atoms with Crippen LogP contribution in [0.5, 0.6) is 5.88 Å². The Morgan fingerprint density at radius 3 is 2.71 bits per heavy atom. The van der Waals surface area contributed by atoms with Crippen LogP contribution < -0.4 is 9.64 Å². The monoisotopic (exact) mass is 444 g/mol. The van der Waals surface area contributed by atoms with E-state index in [0.717, 1.165) is 23.0 Å². The number of hydrogen-bond donors (Lipinski definition) is 0. The van der Waals surface area contributed by atoms with Crippen molar-refractivity contribution >= 4 is 33.4 Å². The van der Waals surface area contributed by atoms with E-state index in [9.17, 15) is 9.59 Å². The van der Waals surface area contributed by atoms with E-state index in [2.05, 4.69) is 26.1 Å². The average molecular weight is 445 g/mol. The summed E-state index contributed by atoms with van der Waals surface area (Å²) >= 11 is 3.43. The summed E-state index contributed by atoms with van der Waals surface area (Å²) in [5, 5.41) is 7.75. The number of halogens is 1. The molecule has 2 fully saturated rings. The number of rotatable bonds is 4. The molecule has 7 nitrogen and oxygen atoms in total. The van der Waals surface area contributed by atoms with Gasteiger partial charge in [0.15, 0.2) is 0 Å². The highest BCUT2D eigenvalue weighted by Crippen LogP contribution is 2.29. The van der Waals surface area contributed by atoms with Gasteiger partial charge in [-0.1, -0.05) is 22.0 Å². The Morgan fingerprint density at radius 2 is 2.00 bits per heavy atom. The first-order valence-corrected chi connectivity index (χ1v) is 10.2. The standard InChI is InChI=1S/C20H21BrN4O3/c21-15-3-1-4-16(12-15)25-13-14(11-19(25)26)20(27)24-9-6-17(7-10-24)28-18-5-2-8-22-23-18/h1-5,8,12,14,17H,6-7,9-11,13H2. The number of anilines is 1. The third-order valence-electron chi connectivity index (χ3n) is 5.18. The second-order valence-corrected chi connectivity index (χ2v) is 8.01. The Bertz CT molecular complexity index is 856. The van der Waals surface area contributed by atoms with Crippen molar-refractivity contribution in [3.8, 4) is 5.88 Å². The highest BCUT2D eigenvalue weighted by Gasteiger charge is 2.38. The molecule has 0 spiro atoms. The molecule has 2 aromatic rings. The minimum atomic E-state index is -0.288. The summed E-state index contributed by atoms with van der Waals surface area (Å²) in [4.78, 5) is 28.9. The molecule has 2 saturated heterocycles. The lowest BCUT2D eigenvalue weighted by Gasteiger charge is -2.33. The normalized spacial score (nSPS) is 20.5. The molecule has 28 heavy (non-hydrogen) atoms. The molecule has 2 amide bonds. The molecular weight excluding hydrogens is 424 g/mol. The van der Waals surface area contributed by atoms with Crippen molar-refractivity contribution in [2.24, 2.45) is 5.92 Å². The van der Waals surface area contributed by atoms with Crippen molar-refractivity contribution in [3.63, 3.8) is 0 Å². The smallest absolute Gasteiger partial charge is 0.233 e. The van der Waals surface area contributed by atoms with E-state index in [1.807, 2.05) is 29.2 Å². The highest BCUT2D eigenvalue weighted by atomic mass is 79.9. The molecule has 8 heteroatoms. The summed E-state index contributed by atoms with van der Waals surface area (Å²) in [6.07, 6.45) is 3.40. The van der Waals surface area contributed by atoms with Crippen molar-refractivity contribution in [1.82, 2.24) is 15.1 Å². The third-order valence-corrected chi connectivity index (χ3v) is 5.68. The third kappa shape index (κ3) is 4.16. The first kappa shape index (κ1) is 18.9. The number of hydrogen-bond acceptors (Lipinski definition) is 5. The fourth-order valence-electron chi connectivity index (χ4n) is 3.74. The van der Waals surface area contributed by atoms with Crippen LogP contribution in [-0.4, -0.2) is 52.6 Å². The maximum Gasteiger partial charge on any atom is 0.233 e. The Balaban J connectivity index is 1.32. The van der Waals surface area contributed by atoms with E-state index in [4.69, 9.17) is 4.74 Å². The fourth-order valence-corrected chi connectivity index (χ4v) is 4.13. The van der Waals surface area contributed by atoms with Crippen molar-refractivity contribution in [2.75, 3.05) is 24.5 Å². The summed E-state index contributed by atoms with van der Waals surface area (Å²) in [7, 11) is 0. The SMILES string of the molecule is O=C(C1CC(=O)N(c2cccc(Br)c2)C1)N1CCC(Oc2cccnn2)CC1. The number of amides is 2. The maximum absolute atomic E-state index is 12.9. The van der Waals surface area contributed by atoms with Crippen LogP contribution in [-0.2, 0) is 9.59 Å². The molecular formula is C20H21BrN4O3. The minimum absolute atomic E-state index is 0.00248. The molecule has 1 aromatic heterocycles. The van der Waals surface area contributed by atoms with Crippen LogP contribution >= 0.6 is 15.9 Å². The molecule has 0 aliphatic carbocycles.